The molecule has 3 rings (SSSR count). The molecule has 1 amide bonds. The molecule has 8 nitrogen and oxygen atoms in total. The molecule has 1 aromatic heterocycles. The van der Waals surface area contributed by atoms with Crippen molar-refractivity contribution >= 4 is 17.7 Å². The Labute approximate surface area is 165 Å². The zero-order valence-corrected chi connectivity index (χ0v) is 16.4. The number of carbonyl (C=O) groups excluding carboxylic acids is 1. The van der Waals surface area contributed by atoms with Gasteiger partial charge in [0.25, 0.3) is 5.91 Å². The van der Waals surface area contributed by atoms with Crippen LogP contribution in [0.2, 0.25) is 0 Å². The number of anilines is 2. The van der Waals surface area contributed by atoms with E-state index in [2.05, 4.69) is 25.5 Å². The van der Waals surface area contributed by atoms with Crippen molar-refractivity contribution in [1.29, 1.82) is 0 Å². The van der Waals surface area contributed by atoms with Crippen LogP contribution in [0.15, 0.2) is 30.3 Å². The van der Waals surface area contributed by atoms with Crippen LogP contribution in [0.1, 0.15) is 18.5 Å². The maximum Gasteiger partial charge on any atom is 0.258 e. The minimum Gasteiger partial charge on any atom is -0.493 e. The molecule has 28 heavy (non-hydrogen) atoms. The van der Waals surface area contributed by atoms with Crippen LogP contribution in [0, 0.1) is 6.92 Å². The van der Waals surface area contributed by atoms with Crippen LogP contribution >= 0.6 is 0 Å². The molecular weight excluding hydrogens is 358 g/mol. The Morgan fingerprint density at radius 3 is 2.64 bits per heavy atom. The maximum atomic E-state index is 12.0. The summed E-state index contributed by atoms with van der Waals surface area (Å²) >= 11 is 0. The zero-order chi connectivity index (χ0) is 19.8. The monoisotopic (exact) mass is 385 g/mol. The van der Waals surface area contributed by atoms with Crippen molar-refractivity contribution in [3.63, 3.8) is 0 Å². The first-order valence-electron chi connectivity index (χ1n) is 9.53. The van der Waals surface area contributed by atoms with Crippen LogP contribution in [0.25, 0.3) is 0 Å². The molecule has 0 aliphatic carbocycles. The summed E-state index contributed by atoms with van der Waals surface area (Å²) in [7, 11) is 1.57. The molecule has 2 aromatic rings. The van der Waals surface area contributed by atoms with Gasteiger partial charge in [-0.3, -0.25) is 4.79 Å². The molecule has 0 spiro atoms. The Hall–Kier alpha value is -3.03. The Morgan fingerprint density at radius 1 is 1.14 bits per heavy atom. The summed E-state index contributed by atoms with van der Waals surface area (Å²) in [6.45, 7) is 4.95. The number of hydrogen-bond donors (Lipinski definition) is 2. The Morgan fingerprint density at radius 2 is 1.89 bits per heavy atom. The number of benzene rings is 1. The summed E-state index contributed by atoms with van der Waals surface area (Å²) < 4.78 is 10.7. The molecule has 1 aliphatic heterocycles. The summed E-state index contributed by atoms with van der Waals surface area (Å²) in [6.07, 6.45) is 2.41. The molecular formula is C20H27N5O3. The van der Waals surface area contributed by atoms with E-state index < -0.39 is 0 Å². The topological polar surface area (TPSA) is 88.6 Å². The fourth-order valence-electron chi connectivity index (χ4n) is 3.05. The van der Waals surface area contributed by atoms with E-state index in [1.807, 2.05) is 25.1 Å². The molecule has 0 bridgehead atoms. The number of aryl methyl sites for hydroxylation is 1. The van der Waals surface area contributed by atoms with Crippen molar-refractivity contribution < 1.29 is 14.3 Å². The van der Waals surface area contributed by atoms with Crippen LogP contribution in [-0.2, 0) is 4.79 Å². The van der Waals surface area contributed by atoms with Crippen LogP contribution < -0.4 is 25.0 Å². The van der Waals surface area contributed by atoms with Crippen LogP contribution in [-0.4, -0.2) is 55.8 Å². The number of aromatic nitrogens is 2. The van der Waals surface area contributed by atoms with E-state index >= 15 is 0 Å². The molecule has 2 heterocycles. The lowest BCUT2D eigenvalue weighted by molar-refractivity contribution is -0.123. The number of amides is 1. The summed E-state index contributed by atoms with van der Waals surface area (Å²) in [6, 6.07) is 9.24. The number of nitrogens with one attached hydrogen (secondary N) is 2. The van der Waals surface area contributed by atoms with Crippen LogP contribution in [0.5, 0.6) is 11.5 Å². The van der Waals surface area contributed by atoms with E-state index in [4.69, 9.17) is 9.47 Å². The van der Waals surface area contributed by atoms with E-state index in [1.165, 1.54) is 12.8 Å². The van der Waals surface area contributed by atoms with Gasteiger partial charge in [0.05, 0.1) is 7.11 Å². The molecule has 1 aromatic carbocycles. The minimum absolute atomic E-state index is 0.0690. The fourth-order valence-corrected chi connectivity index (χ4v) is 3.05. The third-order valence-electron chi connectivity index (χ3n) is 4.43. The van der Waals surface area contributed by atoms with Crippen molar-refractivity contribution in [2.75, 3.05) is 50.1 Å². The SMILES string of the molecule is COc1ccccc1OCC(=O)NCCNc1nc(C)cc(N2CCCC2)n1. The Balaban J connectivity index is 1.41. The van der Waals surface area contributed by atoms with Crippen molar-refractivity contribution in [1.82, 2.24) is 15.3 Å². The van der Waals surface area contributed by atoms with Crippen molar-refractivity contribution in [2.24, 2.45) is 0 Å². The summed E-state index contributed by atoms with van der Waals surface area (Å²) in [5.74, 6) is 2.49. The first-order valence-corrected chi connectivity index (χ1v) is 9.53. The number of para-hydroxylation sites is 2. The molecule has 2 N–H and O–H groups in total. The first kappa shape index (κ1) is 19.7. The molecule has 1 aliphatic rings. The first-order chi connectivity index (χ1) is 13.7. The van der Waals surface area contributed by atoms with E-state index in [0.717, 1.165) is 24.6 Å². The highest BCUT2D eigenvalue weighted by Gasteiger charge is 2.15. The largest absolute Gasteiger partial charge is 0.493 e. The molecule has 0 unspecified atom stereocenters. The van der Waals surface area contributed by atoms with Gasteiger partial charge in [-0.1, -0.05) is 12.1 Å². The fraction of sp³-hybridized carbons (Fsp3) is 0.450. The van der Waals surface area contributed by atoms with Gasteiger partial charge in [-0.2, -0.15) is 4.98 Å². The van der Waals surface area contributed by atoms with E-state index in [0.29, 0.717) is 30.5 Å². The lowest BCUT2D eigenvalue weighted by Gasteiger charge is -2.17. The second kappa shape index (κ2) is 9.77. The second-order valence-corrected chi connectivity index (χ2v) is 6.60. The van der Waals surface area contributed by atoms with E-state index in [-0.39, 0.29) is 12.5 Å². The van der Waals surface area contributed by atoms with E-state index in [9.17, 15) is 4.79 Å². The molecule has 1 fully saturated rings. The number of methoxy groups -OCH3 is 1. The molecule has 8 heteroatoms. The smallest absolute Gasteiger partial charge is 0.258 e. The van der Waals surface area contributed by atoms with Crippen molar-refractivity contribution in [3.8, 4) is 11.5 Å². The van der Waals surface area contributed by atoms with Crippen molar-refractivity contribution in [3.05, 3.63) is 36.0 Å². The van der Waals surface area contributed by atoms with Crippen LogP contribution in [0.3, 0.4) is 0 Å². The third kappa shape index (κ3) is 5.48. The highest BCUT2D eigenvalue weighted by molar-refractivity contribution is 5.77. The van der Waals surface area contributed by atoms with Gasteiger partial charge >= 0.3 is 0 Å². The Kier molecular flexibility index (Phi) is 6.89. The highest BCUT2D eigenvalue weighted by Crippen LogP contribution is 2.25. The van der Waals surface area contributed by atoms with Crippen LogP contribution in [0.4, 0.5) is 11.8 Å². The molecule has 1 saturated heterocycles. The average Bonchev–Trinajstić information content (AvgIpc) is 3.24. The van der Waals surface area contributed by atoms with Crippen molar-refractivity contribution in [2.45, 2.75) is 19.8 Å². The summed E-state index contributed by atoms with van der Waals surface area (Å²) in [5, 5.41) is 5.98. The number of carbonyl (C=O) groups is 1. The van der Waals surface area contributed by atoms with Gasteiger partial charge in [-0.05, 0) is 31.9 Å². The molecule has 0 saturated carbocycles. The van der Waals surface area contributed by atoms with Gasteiger partial charge in [-0.25, -0.2) is 4.98 Å². The van der Waals surface area contributed by atoms with Gasteiger partial charge in [0.2, 0.25) is 5.95 Å². The van der Waals surface area contributed by atoms with Gasteiger partial charge in [-0.15, -0.1) is 0 Å². The summed E-state index contributed by atoms with van der Waals surface area (Å²) in [5.41, 5.74) is 0.925. The third-order valence-corrected chi connectivity index (χ3v) is 4.43. The lowest BCUT2D eigenvalue weighted by atomic mass is 10.3. The predicted molar refractivity (Wildman–Crippen MR) is 108 cm³/mol. The standard InChI is InChI=1S/C20H27N5O3/c1-15-13-18(25-11-5-6-12-25)24-20(23-15)22-10-9-21-19(26)14-28-17-8-4-3-7-16(17)27-2/h3-4,7-8,13H,5-6,9-12,14H2,1-2H3,(H,21,26)(H,22,23,24). The molecule has 0 radical (unpaired) electrons. The lowest BCUT2D eigenvalue weighted by Crippen LogP contribution is -2.33. The summed E-state index contributed by atoms with van der Waals surface area (Å²) in [4.78, 5) is 23.2. The Bertz CT molecular complexity index is 793. The normalized spacial score (nSPS) is 13.3. The van der Waals surface area contributed by atoms with Gasteiger partial charge < -0.3 is 25.0 Å². The van der Waals surface area contributed by atoms with Gasteiger partial charge in [0.1, 0.15) is 5.82 Å². The second-order valence-electron chi connectivity index (χ2n) is 6.60. The van der Waals surface area contributed by atoms with Gasteiger partial charge in [0.15, 0.2) is 18.1 Å². The number of nitrogens with zero attached hydrogens (tertiary/aromatic N) is 3. The highest BCUT2D eigenvalue weighted by atomic mass is 16.5. The van der Waals surface area contributed by atoms with E-state index in [1.54, 1.807) is 19.2 Å². The van der Waals surface area contributed by atoms with Gasteiger partial charge in [0, 0.05) is 37.9 Å². The minimum atomic E-state index is -0.198. The maximum absolute atomic E-state index is 12.0. The number of rotatable bonds is 9. The number of ether oxygens (including phenoxy) is 2. The average molecular weight is 385 g/mol. The molecule has 150 valence electrons. The predicted octanol–water partition coefficient (Wildman–Crippen LogP) is 2.00. The number of hydrogen-bond acceptors (Lipinski definition) is 7. The molecule has 0 atom stereocenters. The quantitative estimate of drug-likeness (QED) is 0.638. The zero-order valence-electron chi connectivity index (χ0n) is 16.4.